The summed E-state index contributed by atoms with van der Waals surface area (Å²) in [7, 11) is 0. The standard InChI is InChI=1S/C26H16O4/c27-25(29-17-9-3-1-4-10-17)22-16-15-21-19-13-7-8-14-20(19)23(21)24(22)26(28)30-18-11-5-2-6-12-18/h1-16H. The largest absolute Gasteiger partial charge is 0.423 e. The maximum Gasteiger partial charge on any atom is 0.345 e. The van der Waals surface area contributed by atoms with Crippen LogP contribution in [0.4, 0.5) is 0 Å². The van der Waals surface area contributed by atoms with Crippen molar-refractivity contribution in [3.8, 4) is 33.8 Å². The van der Waals surface area contributed by atoms with Gasteiger partial charge in [0.1, 0.15) is 11.5 Å². The molecule has 0 aliphatic heterocycles. The van der Waals surface area contributed by atoms with E-state index in [0.29, 0.717) is 17.1 Å². The fourth-order valence-corrected chi connectivity index (χ4v) is 3.66. The van der Waals surface area contributed by atoms with Gasteiger partial charge in [-0.25, -0.2) is 9.59 Å². The number of hydrogen-bond donors (Lipinski definition) is 0. The molecule has 0 amide bonds. The summed E-state index contributed by atoms with van der Waals surface area (Å²) in [6.45, 7) is 0. The van der Waals surface area contributed by atoms with Gasteiger partial charge in [0.2, 0.25) is 0 Å². The third-order valence-electron chi connectivity index (χ3n) is 5.02. The number of fused-ring (bicyclic) bond motifs is 4. The zero-order valence-electron chi connectivity index (χ0n) is 15.9. The highest BCUT2D eigenvalue weighted by Crippen LogP contribution is 2.49. The molecule has 1 aliphatic carbocycles. The van der Waals surface area contributed by atoms with E-state index in [2.05, 4.69) is 0 Å². The zero-order valence-corrected chi connectivity index (χ0v) is 15.9. The molecule has 0 saturated carbocycles. The summed E-state index contributed by atoms with van der Waals surface area (Å²) >= 11 is 0. The molecule has 4 aromatic carbocycles. The number of ether oxygens (including phenoxy) is 2. The van der Waals surface area contributed by atoms with E-state index >= 15 is 0 Å². The Labute approximate surface area is 173 Å². The lowest BCUT2D eigenvalue weighted by atomic mass is 9.76. The smallest absolute Gasteiger partial charge is 0.345 e. The van der Waals surface area contributed by atoms with Gasteiger partial charge in [-0.2, -0.15) is 0 Å². The number of para-hydroxylation sites is 2. The van der Waals surface area contributed by atoms with Crippen LogP contribution in [0, 0.1) is 0 Å². The average Bonchev–Trinajstić information content (AvgIpc) is 2.78. The van der Waals surface area contributed by atoms with Crippen LogP contribution in [0.5, 0.6) is 11.5 Å². The predicted octanol–water partition coefficient (Wildman–Crippen LogP) is 5.77. The molecule has 4 aromatic rings. The van der Waals surface area contributed by atoms with Crippen molar-refractivity contribution in [2.75, 3.05) is 0 Å². The summed E-state index contributed by atoms with van der Waals surface area (Å²) in [5.41, 5.74) is 3.99. The minimum Gasteiger partial charge on any atom is -0.423 e. The van der Waals surface area contributed by atoms with Crippen molar-refractivity contribution in [1.82, 2.24) is 0 Å². The van der Waals surface area contributed by atoms with E-state index in [0.717, 1.165) is 16.7 Å². The Morgan fingerprint density at radius 1 is 0.500 bits per heavy atom. The highest BCUT2D eigenvalue weighted by molar-refractivity contribution is 6.17. The van der Waals surface area contributed by atoms with Crippen LogP contribution in [0.1, 0.15) is 20.7 Å². The molecular weight excluding hydrogens is 376 g/mol. The van der Waals surface area contributed by atoms with Crippen molar-refractivity contribution in [3.05, 3.63) is 108 Å². The molecule has 0 atom stereocenters. The van der Waals surface area contributed by atoms with Crippen LogP contribution in [-0.2, 0) is 0 Å². The maximum atomic E-state index is 13.2. The van der Waals surface area contributed by atoms with Gasteiger partial charge in [0.25, 0.3) is 0 Å². The molecule has 144 valence electrons. The summed E-state index contributed by atoms with van der Waals surface area (Å²) in [4.78, 5) is 26.1. The molecule has 30 heavy (non-hydrogen) atoms. The van der Waals surface area contributed by atoms with Crippen LogP contribution < -0.4 is 9.47 Å². The Morgan fingerprint density at radius 3 is 1.67 bits per heavy atom. The monoisotopic (exact) mass is 392 g/mol. The van der Waals surface area contributed by atoms with E-state index in [4.69, 9.17) is 9.47 Å². The number of hydrogen-bond acceptors (Lipinski definition) is 4. The van der Waals surface area contributed by atoms with E-state index in [-0.39, 0.29) is 11.1 Å². The molecule has 5 rings (SSSR count). The number of benzene rings is 4. The number of carbonyl (C=O) groups excluding carboxylic acids is 2. The Hall–Kier alpha value is -4.18. The van der Waals surface area contributed by atoms with Gasteiger partial charge >= 0.3 is 11.9 Å². The van der Waals surface area contributed by atoms with Crippen LogP contribution >= 0.6 is 0 Å². The highest BCUT2D eigenvalue weighted by atomic mass is 16.5. The quantitative estimate of drug-likeness (QED) is 0.288. The van der Waals surface area contributed by atoms with Crippen molar-refractivity contribution >= 4 is 11.9 Å². The molecule has 0 N–H and O–H groups in total. The molecule has 0 bridgehead atoms. The van der Waals surface area contributed by atoms with Gasteiger partial charge in [0.15, 0.2) is 0 Å². The number of rotatable bonds is 4. The van der Waals surface area contributed by atoms with Gasteiger partial charge in [0, 0.05) is 5.56 Å². The highest BCUT2D eigenvalue weighted by Gasteiger charge is 2.33. The topological polar surface area (TPSA) is 52.6 Å². The zero-order chi connectivity index (χ0) is 20.5. The Balaban J connectivity index is 1.58. The summed E-state index contributed by atoms with van der Waals surface area (Å²) in [6.07, 6.45) is 0. The SMILES string of the molecule is O=C(Oc1ccccc1)c1ccc2c(c1C(=O)Oc1ccccc1)-c1ccccc1-2. The number of esters is 2. The van der Waals surface area contributed by atoms with Crippen molar-refractivity contribution in [2.24, 2.45) is 0 Å². The van der Waals surface area contributed by atoms with Gasteiger partial charge in [0.05, 0.1) is 11.1 Å². The van der Waals surface area contributed by atoms with E-state index in [1.54, 1.807) is 54.6 Å². The second kappa shape index (κ2) is 7.33. The Morgan fingerprint density at radius 2 is 1.03 bits per heavy atom. The lowest BCUT2D eigenvalue weighted by Gasteiger charge is -2.27. The lowest BCUT2D eigenvalue weighted by Crippen LogP contribution is -2.21. The predicted molar refractivity (Wildman–Crippen MR) is 114 cm³/mol. The van der Waals surface area contributed by atoms with E-state index in [1.165, 1.54) is 0 Å². The average molecular weight is 392 g/mol. The van der Waals surface area contributed by atoms with E-state index in [1.807, 2.05) is 42.5 Å². The third kappa shape index (κ3) is 3.05. The summed E-state index contributed by atoms with van der Waals surface area (Å²) in [5.74, 6) is -0.371. The second-order valence-corrected chi connectivity index (χ2v) is 6.86. The molecular formula is C26H16O4. The molecule has 0 radical (unpaired) electrons. The van der Waals surface area contributed by atoms with E-state index < -0.39 is 11.9 Å². The molecule has 0 fully saturated rings. The minimum absolute atomic E-state index is 0.174. The van der Waals surface area contributed by atoms with Gasteiger partial charge in [-0.1, -0.05) is 66.7 Å². The van der Waals surface area contributed by atoms with Crippen LogP contribution in [0.15, 0.2) is 97.1 Å². The van der Waals surface area contributed by atoms with Crippen LogP contribution in [-0.4, -0.2) is 11.9 Å². The molecule has 4 nitrogen and oxygen atoms in total. The van der Waals surface area contributed by atoms with Crippen LogP contribution in [0.3, 0.4) is 0 Å². The molecule has 0 aromatic heterocycles. The fraction of sp³-hybridized carbons (Fsp3) is 0. The Kier molecular flexibility index (Phi) is 4.37. The van der Waals surface area contributed by atoms with Gasteiger partial charge in [-0.3, -0.25) is 0 Å². The van der Waals surface area contributed by atoms with Gasteiger partial charge < -0.3 is 9.47 Å². The fourth-order valence-electron chi connectivity index (χ4n) is 3.66. The molecule has 0 saturated heterocycles. The van der Waals surface area contributed by atoms with E-state index in [9.17, 15) is 9.59 Å². The molecule has 0 spiro atoms. The molecule has 4 heteroatoms. The first-order chi connectivity index (χ1) is 14.7. The summed E-state index contributed by atoms with van der Waals surface area (Å²) in [6, 6.07) is 28.8. The van der Waals surface area contributed by atoms with Crippen molar-refractivity contribution in [2.45, 2.75) is 0 Å². The maximum absolute atomic E-state index is 13.2. The first-order valence-electron chi connectivity index (χ1n) is 9.53. The van der Waals surface area contributed by atoms with Gasteiger partial charge in [-0.15, -0.1) is 0 Å². The molecule has 0 unspecified atom stereocenters. The van der Waals surface area contributed by atoms with Gasteiger partial charge in [-0.05, 0) is 47.0 Å². The third-order valence-corrected chi connectivity index (χ3v) is 5.02. The Bertz CT molecular complexity index is 1260. The molecule has 0 heterocycles. The minimum atomic E-state index is -0.603. The van der Waals surface area contributed by atoms with Crippen molar-refractivity contribution < 1.29 is 19.1 Å². The van der Waals surface area contributed by atoms with Crippen molar-refractivity contribution in [1.29, 1.82) is 0 Å². The summed E-state index contributed by atoms with van der Waals surface area (Å²) < 4.78 is 11.1. The summed E-state index contributed by atoms with van der Waals surface area (Å²) in [5, 5.41) is 0. The van der Waals surface area contributed by atoms with Crippen LogP contribution in [0.25, 0.3) is 22.3 Å². The normalized spacial score (nSPS) is 10.9. The number of carbonyl (C=O) groups is 2. The lowest BCUT2D eigenvalue weighted by molar-refractivity contribution is 0.0692. The first-order valence-corrected chi connectivity index (χ1v) is 9.53. The van der Waals surface area contributed by atoms with Crippen LogP contribution in [0.2, 0.25) is 0 Å². The van der Waals surface area contributed by atoms with Crippen molar-refractivity contribution in [3.63, 3.8) is 0 Å². The first kappa shape index (κ1) is 17.9. The molecule has 1 aliphatic rings. The second-order valence-electron chi connectivity index (χ2n) is 6.86.